The monoisotopic (exact) mass is 309 g/mol. The minimum atomic E-state index is -1.12. The van der Waals surface area contributed by atoms with Crippen molar-refractivity contribution in [3.63, 3.8) is 0 Å². The van der Waals surface area contributed by atoms with Gasteiger partial charge in [0.15, 0.2) is 6.29 Å². The van der Waals surface area contributed by atoms with Crippen molar-refractivity contribution in [3.05, 3.63) is 28.9 Å². The van der Waals surface area contributed by atoms with Crippen molar-refractivity contribution in [2.24, 2.45) is 0 Å². The average Bonchev–Trinajstić information content (AvgIpc) is 3.18. The molecule has 0 aromatic carbocycles. The SMILES string of the molecule is COC(O)c1c(C)nc(Cl)nc1Nc1cnn(C2CC2)c1. The number of ether oxygens (including phenoxy) is 1. The number of rotatable bonds is 5. The molecule has 0 saturated heterocycles. The normalized spacial score (nSPS) is 16.0. The molecular formula is C13H16ClN5O2. The van der Waals surface area contributed by atoms with Crippen LogP contribution < -0.4 is 5.32 Å². The highest BCUT2D eigenvalue weighted by molar-refractivity contribution is 6.28. The van der Waals surface area contributed by atoms with Crippen molar-refractivity contribution in [1.29, 1.82) is 0 Å². The molecule has 1 fully saturated rings. The first-order valence-electron chi connectivity index (χ1n) is 6.64. The summed E-state index contributed by atoms with van der Waals surface area (Å²) < 4.78 is 6.88. The number of aryl methyl sites for hydroxylation is 1. The summed E-state index contributed by atoms with van der Waals surface area (Å²) in [6, 6.07) is 0.500. The average molecular weight is 310 g/mol. The van der Waals surface area contributed by atoms with Crippen molar-refractivity contribution in [1.82, 2.24) is 19.7 Å². The zero-order valence-electron chi connectivity index (χ0n) is 11.7. The Hall–Kier alpha value is -1.70. The second-order valence-electron chi connectivity index (χ2n) is 4.99. The molecule has 1 atom stereocenters. The molecule has 1 unspecified atom stereocenters. The molecule has 112 valence electrons. The quantitative estimate of drug-likeness (QED) is 0.651. The molecular weight excluding hydrogens is 294 g/mol. The number of aromatic nitrogens is 4. The van der Waals surface area contributed by atoms with E-state index in [1.165, 1.54) is 7.11 Å². The maximum absolute atomic E-state index is 9.96. The molecule has 0 aliphatic heterocycles. The van der Waals surface area contributed by atoms with E-state index < -0.39 is 6.29 Å². The smallest absolute Gasteiger partial charge is 0.224 e. The highest BCUT2D eigenvalue weighted by Crippen LogP contribution is 2.35. The fourth-order valence-electron chi connectivity index (χ4n) is 2.13. The standard InChI is InChI=1S/C13H16ClN5O2/c1-7-10(12(20)21-2)11(18-13(14)16-7)17-8-5-15-19(6-8)9-3-4-9/h5-6,9,12,20H,3-4H2,1-2H3,(H,16,17,18). The molecule has 0 amide bonds. The van der Waals surface area contributed by atoms with Crippen LogP contribution in [0.15, 0.2) is 12.4 Å². The lowest BCUT2D eigenvalue weighted by atomic mass is 10.2. The molecule has 2 aromatic heterocycles. The lowest BCUT2D eigenvalue weighted by molar-refractivity contribution is -0.0772. The minimum absolute atomic E-state index is 0.108. The number of nitrogens with one attached hydrogen (secondary N) is 1. The second-order valence-corrected chi connectivity index (χ2v) is 5.33. The molecule has 2 aromatic rings. The van der Waals surface area contributed by atoms with E-state index in [-0.39, 0.29) is 5.28 Å². The first-order valence-corrected chi connectivity index (χ1v) is 7.02. The first kappa shape index (κ1) is 14.2. The number of halogens is 1. The topological polar surface area (TPSA) is 85.1 Å². The van der Waals surface area contributed by atoms with E-state index in [1.807, 2.05) is 10.9 Å². The third kappa shape index (κ3) is 2.99. The first-order chi connectivity index (χ1) is 10.1. The highest BCUT2D eigenvalue weighted by Gasteiger charge is 2.25. The van der Waals surface area contributed by atoms with Gasteiger partial charge in [0.05, 0.1) is 29.2 Å². The Kier molecular flexibility index (Phi) is 3.79. The Bertz CT molecular complexity index is 656. The van der Waals surface area contributed by atoms with Gasteiger partial charge in [0, 0.05) is 13.3 Å². The van der Waals surface area contributed by atoms with Crippen molar-refractivity contribution in [2.45, 2.75) is 32.1 Å². The number of hydrogen-bond acceptors (Lipinski definition) is 6. The van der Waals surface area contributed by atoms with Crippen molar-refractivity contribution >= 4 is 23.1 Å². The fourth-order valence-corrected chi connectivity index (χ4v) is 2.35. The molecule has 8 heteroatoms. The molecule has 1 aliphatic carbocycles. The fraction of sp³-hybridized carbons (Fsp3) is 0.462. The zero-order chi connectivity index (χ0) is 15.0. The van der Waals surface area contributed by atoms with Crippen LogP contribution in [-0.2, 0) is 4.74 Å². The molecule has 21 heavy (non-hydrogen) atoms. The molecule has 1 aliphatic rings. The Morgan fingerprint density at radius 1 is 1.48 bits per heavy atom. The van der Waals surface area contributed by atoms with Gasteiger partial charge >= 0.3 is 0 Å². The van der Waals surface area contributed by atoms with E-state index >= 15 is 0 Å². The predicted octanol–water partition coefficient (Wildman–Crippen LogP) is 2.35. The van der Waals surface area contributed by atoms with E-state index in [0.717, 1.165) is 18.5 Å². The highest BCUT2D eigenvalue weighted by atomic mass is 35.5. The van der Waals surface area contributed by atoms with E-state index in [1.54, 1.807) is 13.1 Å². The number of aliphatic hydroxyl groups is 1. The Balaban J connectivity index is 1.92. The van der Waals surface area contributed by atoms with Crippen LogP contribution in [0.3, 0.4) is 0 Å². The maximum atomic E-state index is 9.96. The van der Waals surface area contributed by atoms with Gasteiger partial charge in [-0.05, 0) is 31.4 Å². The lowest BCUT2D eigenvalue weighted by Gasteiger charge is -2.16. The largest absolute Gasteiger partial charge is 0.364 e. The Morgan fingerprint density at radius 3 is 2.90 bits per heavy atom. The summed E-state index contributed by atoms with van der Waals surface area (Å²) in [5.41, 5.74) is 1.79. The summed E-state index contributed by atoms with van der Waals surface area (Å²) in [6.45, 7) is 1.74. The lowest BCUT2D eigenvalue weighted by Crippen LogP contribution is -2.10. The summed E-state index contributed by atoms with van der Waals surface area (Å²) >= 11 is 5.90. The number of aliphatic hydroxyl groups excluding tert-OH is 1. The number of hydrogen-bond donors (Lipinski definition) is 2. The zero-order valence-corrected chi connectivity index (χ0v) is 12.5. The van der Waals surface area contributed by atoms with Crippen LogP contribution in [0.4, 0.5) is 11.5 Å². The van der Waals surface area contributed by atoms with Crippen LogP contribution in [0.5, 0.6) is 0 Å². The van der Waals surface area contributed by atoms with E-state index in [2.05, 4.69) is 20.4 Å². The molecule has 2 heterocycles. The van der Waals surface area contributed by atoms with Crippen molar-refractivity contribution in [3.8, 4) is 0 Å². The number of nitrogens with zero attached hydrogens (tertiary/aromatic N) is 4. The van der Waals surface area contributed by atoms with Crippen LogP contribution >= 0.6 is 11.6 Å². The summed E-state index contributed by atoms with van der Waals surface area (Å²) in [4.78, 5) is 8.18. The van der Waals surface area contributed by atoms with Gasteiger partial charge in [-0.1, -0.05) is 0 Å². The third-order valence-corrected chi connectivity index (χ3v) is 3.53. The summed E-state index contributed by atoms with van der Waals surface area (Å²) in [5, 5.41) is 17.5. The van der Waals surface area contributed by atoms with Crippen molar-refractivity contribution in [2.75, 3.05) is 12.4 Å². The molecule has 1 saturated carbocycles. The van der Waals surface area contributed by atoms with Crippen LogP contribution in [-0.4, -0.2) is 32.0 Å². The molecule has 3 rings (SSSR count). The van der Waals surface area contributed by atoms with Gasteiger partial charge in [0.25, 0.3) is 0 Å². The summed E-state index contributed by atoms with van der Waals surface area (Å²) in [7, 11) is 1.41. The molecule has 0 bridgehead atoms. The number of anilines is 2. The van der Waals surface area contributed by atoms with Crippen LogP contribution in [0.1, 0.15) is 36.4 Å². The van der Waals surface area contributed by atoms with Gasteiger partial charge in [0.1, 0.15) is 5.82 Å². The van der Waals surface area contributed by atoms with Gasteiger partial charge in [-0.15, -0.1) is 0 Å². The van der Waals surface area contributed by atoms with E-state index in [9.17, 15) is 5.11 Å². The van der Waals surface area contributed by atoms with Crippen LogP contribution in [0.2, 0.25) is 5.28 Å². The van der Waals surface area contributed by atoms with Gasteiger partial charge in [-0.25, -0.2) is 4.98 Å². The van der Waals surface area contributed by atoms with Gasteiger partial charge < -0.3 is 15.2 Å². The predicted molar refractivity (Wildman–Crippen MR) is 77.5 cm³/mol. The van der Waals surface area contributed by atoms with Crippen molar-refractivity contribution < 1.29 is 9.84 Å². The molecule has 7 nitrogen and oxygen atoms in total. The summed E-state index contributed by atoms with van der Waals surface area (Å²) in [6.07, 6.45) is 4.82. The van der Waals surface area contributed by atoms with E-state index in [0.29, 0.717) is 23.1 Å². The molecule has 0 radical (unpaired) electrons. The summed E-state index contributed by atoms with van der Waals surface area (Å²) in [5.74, 6) is 0.414. The second kappa shape index (κ2) is 5.59. The Labute approximate surface area is 126 Å². The number of methoxy groups -OCH3 is 1. The van der Waals surface area contributed by atoms with Crippen LogP contribution in [0, 0.1) is 6.92 Å². The maximum Gasteiger partial charge on any atom is 0.224 e. The minimum Gasteiger partial charge on any atom is -0.364 e. The van der Waals surface area contributed by atoms with Gasteiger partial charge in [-0.3, -0.25) is 4.68 Å². The van der Waals surface area contributed by atoms with Crippen LogP contribution in [0.25, 0.3) is 0 Å². The van der Waals surface area contributed by atoms with E-state index in [4.69, 9.17) is 16.3 Å². The molecule has 2 N–H and O–H groups in total. The molecule has 0 spiro atoms. The van der Waals surface area contributed by atoms with Gasteiger partial charge in [0.2, 0.25) is 5.28 Å². The Morgan fingerprint density at radius 2 is 2.24 bits per heavy atom. The third-order valence-electron chi connectivity index (χ3n) is 3.36. The van der Waals surface area contributed by atoms with Gasteiger partial charge in [-0.2, -0.15) is 10.1 Å².